The molecule has 0 saturated carbocycles. The van der Waals surface area contributed by atoms with Gasteiger partial charge in [-0.15, -0.1) is 0 Å². The number of benzene rings is 1. The molecule has 21 heavy (non-hydrogen) atoms. The summed E-state index contributed by atoms with van der Waals surface area (Å²) in [6, 6.07) is 8.67. The van der Waals surface area contributed by atoms with E-state index in [0.29, 0.717) is 18.5 Å². The minimum atomic E-state index is -3.05. The van der Waals surface area contributed by atoms with Crippen LogP contribution in [-0.2, 0) is 16.4 Å². The molecule has 1 heterocycles. The summed E-state index contributed by atoms with van der Waals surface area (Å²) in [5, 5.41) is 0. The van der Waals surface area contributed by atoms with E-state index in [0.717, 1.165) is 19.5 Å². The molecule has 1 fully saturated rings. The van der Waals surface area contributed by atoms with Crippen molar-refractivity contribution < 1.29 is 8.42 Å². The number of sulfonamides is 1. The van der Waals surface area contributed by atoms with Crippen LogP contribution in [0.2, 0.25) is 0 Å². The summed E-state index contributed by atoms with van der Waals surface area (Å²) in [7, 11) is -3.05. The first-order chi connectivity index (χ1) is 9.65. The van der Waals surface area contributed by atoms with Crippen LogP contribution in [-0.4, -0.2) is 45.2 Å². The lowest BCUT2D eigenvalue weighted by Gasteiger charge is -2.34. The molecule has 0 aromatic heterocycles. The third-order valence-electron chi connectivity index (χ3n) is 3.74. The highest BCUT2D eigenvalue weighted by Crippen LogP contribution is 2.23. The van der Waals surface area contributed by atoms with Crippen molar-refractivity contribution in [1.82, 2.24) is 4.31 Å². The summed E-state index contributed by atoms with van der Waals surface area (Å²) >= 11 is 0. The molecule has 0 radical (unpaired) electrons. The standard InChI is InChI=1S/C16H26N2O2S/c1-16(2,3)13-14-5-7-15(8-6-14)17-9-11-18(12-10-17)21(4,19)20/h5-8H,9-13H2,1-4H3. The van der Waals surface area contributed by atoms with E-state index >= 15 is 0 Å². The molecule has 118 valence electrons. The molecule has 0 aliphatic carbocycles. The van der Waals surface area contributed by atoms with Gasteiger partial charge in [-0.3, -0.25) is 0 Å². The molecule has 0 N–H and O–H groups in total. The fourth-order valence-electron chi connectivity index (χ4n) is 2.71. The maximum Gasteiger partial charge on any atom is 0.211 e. The molecule has 1 aliphatic rings. The van der Waals surface area contributed by atoms with Gasteiger partial charge in [-0.25, -0.2) is 8.42 Å². The highest BCUT2D eigenvalue weighted by molar-refractivity contribution is 7.88. The van der Waals surface area contributed by atoms with E-state index in [1.807, 2.05) is 0 Å². The molecule has 1 saturated heterocycles. The predicted octanol–water partition coefficient (Wildman–Crippen LogP) is 2.36. The quantitative estimate of drug-likeness (QED) is 0.860. The first-order valence-electron chi connectivity index (χ1n) is 7.44. The zero-order valence-electron chi connectivity index (χ0n) is 13.5. The van der Waals surface area contributed by atoms with E-state index < -0.39 is 10.0 Å². The molecule has 1 aromatic carbocycles. The maximum absolute atomic E-state index is 11.5. The lowest BCUT2D eigenvalue weighted by molar-refractivity contribution is 0.388. The van der Waals surface area contributed by atoms with Gasteiger partial charge < -0.3 is 4.90 Å². The molecule has 1 aromatic rings. The molecule has 4 nitrogen and oxygen atoms in total. The van der Waals surface area contributed by atoms with Crippen LogP contribution in [0.15, 0.2) is 24.3 Å². The average Bonchev–Trinajstić information content (AvgIpc) is 2.37. The Morgan fingerprint density at radius 2 is 1.52 bits per heavy atom. The van der Waals surface area contributed by atoms with Crippen molar-refractivity contribution >= 4 is 15.7 Å². The highest BCUT2D eigenvalue weighted by atomic mass is 32.2. The van der Waals surface area contributed by atoms with Crippen LogP contribution in [0, 0.1) is 5.41 Å². The van der Waals surface area contributed by atoms with Crippen molar-refractivity contribution in [3.8, 4) is 0 Å². The molecular weight excluding hydrogens is 284 g/mol. The monoisotopic (exact) mass is 310 g/mol. The summed E-state index contributed by atoms with van der Waals surface area (Å²) < 4.78 is 24.6. The van der Waals surface area contributed by atoms with Crippen LogP contribution in [0.4, 0.5) is 5.69 Å². The number of rotatable bonds is 3. The molecular formula is C16H26N2O2S. The Bertz CT molecular complexity index is 565. The van der Waals surface area contributed by atoms with E-state index in [-0.39, 0.29) is 0 Å². The second-order valence-corrected chi connectivity index (χ2v) is 9.04. The molecule has 1 aliphatic heterocycles. The van der Waals surface area contributed by atoms with Gasteiger partial charge in [0, 0.05) is 31.9 Å². The fraction of sp³-hybridized carbons (Fsp3) is 0.625. The van der Waals surface area contributed by atoms with Crippen LogP contribution in [0.3, 0.4) is 0 Å². The molecule has 0 spiro atoms. The number of hydrogen-bond acceptors (Lipinski definition) is 3. The second-order valence-electron chi connectivity index (χ2n) is 7.05. The Morgan fingerprint density at radius 1 is 1.00 bits per heavy atom. The van der Waals surface area contributed by atoms with E-state index in [1.165, 1.54) is 17.5 Å². The first-order valence-corrected chi connectivity index (χ1v) is 9.29. The molecule has 0 amide bonds. The highest BCUT2D eigenvalue weighted by Gasteiger charge is 2.23. The number of piperazine rings is 1. The van der Waals surface area contributed by atoms with Crippen molar-refractivity contribution in [3.63, 3.8) is 0 Å². The van der Waals surface area contributed by atoms with Gasteiger partial charge in [-0.1, -0.05) is 32.9 Å². The lowest BCUT2D eigenvalue weighted by Crippen LogP contribution is -2.48. The SMILES string of the molecule is CC(C)(C)Cc1ccc(N2CCN(S(C)(=O)=O)CC2)cc1. The van der Waals surface area contributed by atoms with Crippen molar-refractivity contribution in [2.75, 3.05) is 37.3 Å². The third kappa shape index (κ3) is 4.71. The minimum Gasteiger partial charge on any atom is -0.369 e. The lowest BCUT2D eigenvalue weighted by atomic mass is 9.88. The molecule has 0 unspecified atom stereocenters. The van der Waals surface area contributed by atoms with Gasteiger partial charge in [0.1, 0.15) is 0 Å². The van der Waals surface area contributed by atoms with Gasteiger partial charge in [-0.2, -0.15) is 4.31 Å². The van der Waals surface area contributed by atoms with Crippen LogP contribution < -0.4 is 4.90 Å². The van der Waals surface area contributed by atoms with Crippen LogP contribution in [0.5, 0.6) is 0 Å². The number of hydrogen-bond donors (Lipinski definition) is 0. The van der Waals surface area contributed by atoms with Crippen LogP contribution in [0.25, 0.3) is 0 Å². The Morgan fingerprint density at radius 3 is 1.95 bits per heavy atom. The maximum atomic E-state index is 11.5. The number of anilines is 1. The van der Waals surface area contributed by atoms with E-state index in [1.54, 1.807) is 4.31 Å². The smallest absolute Gasteiger partial charge is 0.211 e. The van der Waals surface area contributed by atoms with Gasteiger partial charge in [0.05, 0.1) is 6.26 Å². The van der Waals surface area contributed by atoms with Gasteiger partial charge in [0.15, 0.2) is 0 Å². The van der Waals surface area contributed by atoms with Crippen LogP contribution in [0.1, 0.15) is 26.3 Å². The summed E-state index contributed by atoms with van der Waals surface area (Å²) in [5.41, 5.74) is 2.82. The Labute approximate surface area is 128 Å². The summed E-state index contributed by atoms with van der Waals surface area (Å²) in [5.74, 6) is 0. The van der Waals surface area contributed by atoms with E-state index in [9.17, 15) is 8.42 Å². The van der Waals surface area contributed by atoms with E-state index in [2.05, 4.69) is 49.9 Å². The topological polar surface area (TPSA) is 40.6 Å². The summed E-state index contributed by atoms with van der Waals surface area (Å²) in [6.07, 6.45) is 2.35. The normalized spacial score (nSPS) is 18.0. The Kier molecular flexibility index (Phi) is 4.63. The molecule has 5 heteroatoms. The fourth-order valence-corrected chi connectivity index (χ4v) is 3.54. The predicted molar refractivity (Wildman–Crippen MR) is 88.2 cm³/mol. The third-order valence-corrected chi connectivity index (χ3v) is 5.05. The van der Waals surface area contributed by atoms with Crippen molar-refractivity contribution in [2.45, 2.75) is 27.2 Å². The van der Waals surface area contributed by atoms with Crippen LogP contribution >= 0.6 is 0 Å². The van der Waals surface area contributed by atoms with Crippen molar-refractivity contribution in [3.05, 3.63) is 29.8 Å². The summed E-state index contributed by atoms with van der Waals surface area (Å²) in [4.78, 5) is 2.25. The summed E-state index contributed by atoms with van der Waals surface area (Å²) in [6.45, 7) is 9.38. The Hall–Kier alpha value is -1.07. The Balaban J connectivity index is 1.98. The largest absolute Gasteiger partial charge is 0.369 e. The van der Waals surface area contributed by atoms with Gasteiger partial charge in [0.2, 0.25) is 10.0 Å². The number of nitrogens with zero attached hydrogens (tertiary/aromatic N) is 2. The van der Waals surface area contributed by atoms with Crippen molar-refractivity contribution in [2.24, 2.45) is 5.41 Å². The zero-order chi connectivity index (χ0) is 15.7. The molecule has 2 rings (SSSR count). The molecule has 0 bridgehead atoms. The zero-order valence-corrected chi connectivity index (χ0v) is 14.3. The average molecular weight is 310 g/mol. The minimum absolute atomic E-state index is 0.294. The van der Waals surface area contributed by atoms with Crippen molar-refractivity contribution in [1.29, 1.82) is 0 Å². The van der Waals surface area contributed by atoms with Gasteiger partial charge in [0.25, 0.3) is 0 Å². The molecule has 0 atom stereocenters. The van der Waals surface area contributed by atoms with E-state index in [4.69, 9.17) is 0 Å². The first kappa shape index (κ1) is 16.3. The second kappa shape index (κ2) is 5.97. The van der Waals surface area contributed by atoms with Gasteiger partial charge in [-0.05, 0) is 29.5 Å². The van der Waals surface area contributed by atoms with Gasteiger partial charge >= 0.3 is 0 Å².